The summed E-state index contributed by atoms with van der Waals surface area (Å²) in [6.07, 6.45) is 7.48. The maximum Gasteiger partial charge on any atom is 0.195 e. The van der Waals surface area contributed by atoms with Crippen LogP contribution in [0.2, 0.25) is 0 Å². The summed E-state index contributed by atoms with van der Waals surface area (Å²) < 4.78 is 6.16. The highest BCUT2D eigenvalue weighted by molar-refractivity contribution is 5.46. The zero-order valence-corrected chi connectivity index (χ0v) is 12.6. The molecule has 4 rings (SSSR count). The van der Waals surface area contributed by atoms with Crippen LogP contribution in [0.5, 0.6) is 0 Å². The van der Waals surface area contributed by atoms with Crippen LogP contribution in [0.3, 0.4) is 0 Å². The first kappa shape index (κ1) is 13.9. The first-order chi connectivity index (χ1) is 11.3. The summed E-state index contributed by atoms with van der Waals surface area (Å²) in [4.78, 5) is 11.4. The summed E-state index contributed by atoms with van der Waals surface area (Å²) in [5, 5.41) is 11.1. The van der Waals surface area contributed by atoms with Crippen molar-refractivity contribution in [1.82, 2.24) is 14.9 Å². The lowest BCUT2D eigenvalue weighted by molar-refractivity contribution is -0.605. The average Bonchev–Trinajstić information content (AvgIpc) is 3.11. The molecule has 23 heavy (non-hydrogen) atoms. The van der Waals surface area contributed by atoms with E-state index in [1.807, 2.05) is 30.5 Å². The van der Waals surface area contributed by atoms with Crippen molar-refractivity contribution in [3.05, 3.63) is 71.1 Å². The van der Waals surface area contributed by atoms with Gasteiger partial charge in [-0.3, -0.25) is 4.90 Å². The van der Waals surface area contributed by atoms with E-state index in [2.05, 4.69) is 14.9 Å². The van der Waals surface area contributed by atoms with Crippen molar-refractivity contribution in [3.8, 4) is 11.6 Å². The van der Waals surface area contributed by atoms with Gasteiger partial charge in [-0.05, 0) is 17.7 Å². The molecule has 3 aromatic rings. The van der Waals surface area contributed by atoms with Crippen LogP contribution in [-0.2, 0) is 19.5 Å². The predicted molar refractivity (Wildman–Crippen MR) is 83.0 cm³/mol. The lowest BCUT2D eigenvalue weighted by Gasteiger charge is -2.27. The summed E-state index contributed by atoms with van der Waals surface area (Å²) in [6, 6.07) is 7.43. The van der Waals surface area contributed by atoms with Gasteiger partial charge in [0.2, 0.25) is 0 Å². The second-order valence-corrected chi connectivity index (χ2v) is 5.67. The molecule has 3 aromatic heterocycles. The summed E-state index contributed by atoms with van der Waals surface area (Å²) in [5.41, 5.74) is 3.38. The highest BCUT2D eigenvalue weighted by Gasteiger charge is 2.19. The monoisotopic (exact) mass is 308 g/mol. The first-order valence-corrected chi connectivity index (χ1v) is 7.57. The Balaban J connectivity index is 1.50. The fourth-order valence-corrected chi connectivity index (χ4v) is 2.84. The number of furan rings is 1. The number of rotatable bonds is 3. The molecule has 4 heterocycles. The smallest absolute Gasteiger partial charge is 0.195 e. The Morgan fingerprint density at radius 1 is 1.26 bits per heavy atom. The molecule has 0 amide bonds. The third kappa shape index (κ3) is 2.93. The summed E-state index contributed by atoms with van der Waals surface area (Å²) >= 11 is 0. The van der Waals surface area contributed by atoms with Crippen molar-refractivity contribution in [2.24, 2.45) is 0 Å². The van der Waals surface area contributed by atoms with E-state index in [0.717, 1.165) is 47.6 Å². The Bertz CT molecular complexity index is 800. The van der Waals surface area contributed by atoms with E-state index in [-0.39, 0.29) is 0 Å². The van der Waals surface area contributed by atoms with Gasteiger partial charge in [-0.1, -0.05) is 0 Å². The molecule has 0 fully saturated rings. The molecule has 0 N–H and O–H groups in total. The zero-order chi connectivity index (χ0) is 15.6. The minimum atomic E-state index is 0.644. The van der Waals surface area contributed by atoms with Gasteiger partial charge in [0.1, 0.15) is 0 Å². The van der Waals surface area contributed by atoms with Crippen LogP contribution >= 0.6 is 0 Å². The molecular formula is C17H16N4O2. The van der Waals surface area contributed by atoms with Crippen LogP contribution in [0.25, 0.3) is 11.6 Å². The molecule has 0 aliphatic carbocycles. The second kappa shape index (κ2) is 5.81. The highest BCUT2D eigenvalue weighted by Crippen LogP contribution is 2.22. The number of fused-ring (bicyclic) bond motifs is 1. The molecule has 0 saturated heterocycles. The van der Waals surface area contributed by atoms with E-state index < -0.39 is 0 Å². The molecule has 116 valence electrons. The molecular weight excluding hydrogens is 292 g/mol. The summed E-state index contributed by atoms with van der Waals surface area (Å²) in [6.45, 7) is 2.58. The first-order valence-electron chi connectivity index (χ1n) is 7.57. The van der Waals surface area contributed by atoms with E-state index in [1.165, 1.54) is 12.4 Å². The van der Waals surface area contributed by atoms with Gasteiger partial charge < -0.3 is 9.62 Å². The van der Waals surface area contributed by atoms with Crippen molar-refractivity contribution in [2.45, 2.75) is 19.5 Å². The molecule has 0 unspecified atom stereocenters. The van der Waals surface area contributed by atoms with Crippen LogP contribution in [0.4, 0.5) is 0 Å². The standard InChI is InChI=1S/C17H16N4O2/c22-21-7-3-13(4-8-21)11-20-6-5-15-14(12-20)10-18-17(19-15)16-2-1-9-23-16/h1-4,7-10H,5-6,11-12H2. The van der Waals surface area contributed by atoms with Gasteiger partial charge in [0.15, 0.2) is 24.0 Å². The number of hydrogen-bond acceptors (Lipinski definition) is 5. The third-order valence-electron chi connectivity index (χ3n) is 4.03. The molecule has 1 aliphatic heterocycles. The van der Waals surface area contributed by atoms with E-state index in [4.69, 9.17) is 4.42 Å². The third-order valence-corrected chi connectivity index (χ3v) is 4.03. The normalized spacial score (nSPS) is 14.6. The van der Waals surface area contributed by atoms with E-state index in [0.29, 0.717) is 11.6 Å². The summed E-state index contributed by atoms with van der Waals surface area (Å²) in [7, 11) is 0. The number of aromatic nitrogens is 3. The van der Waals surface area contributed by atoms with Crippen molar-refractivity contribution < 1.29 is 9.15 Å². The van der Waals surface area contributed by atoms with Gasteiger partial charge in [0.05, 0.1) is 12.0 Å². The predicted octanol–water partition coefficient (Wildman–Crippen LogP) is 1.93. The molecule has 6 heteroatoms. The maximum absolute atomic E-state index is 11.1. The van der Waals surface area contributed by atoms with Crippen LogP contribution in [0.1, 0.15) is 16.8 Å². The molecule has 0 bridgehead atoms. The largest absolute Gasteiger partial charge is 0.619 e. The number of pyridine rings is 1. The highest BCUT2D eigenvalue weighted by atomic mass is 16.5. The van der Waals surface area contributed by atoms with Gasteiger partial charge in [0, 0.05) is 49.9 Å². The Morgan fingerprint density at radius 2 is 2.13 bits per heavy atom. The molecule has 0 radical (unpaired) electrons. The second-order valence-electron chi connectivity index (χ2n) is 5.67. The van der Waals surface area contributed by atoms with Crippen LogP contribution < -0.4 is 4.73 Å². The lowest BCUT2D eigenvalue weighted by atomic mass is 10.1. The van der Waals surface area contributed by atoms with Gasteiger partial charge >= 0.3 is 0 Å². The van der Waals surface area contributed by atoms with Crippen LogP contribution in [0, 0.1) is 5.21 Å². The number of nitrogens with zero attached hydrogens (tertiary/aromatic N) is 4. The minimum Gasteiger partial charge on any atom is -0.619 e. The Hall–Kier alpha value is -2.73. The van der Waals surface area contributed by atoms with Gasteiger partial charge in [0.25, 0.3) is 0 Å². The van der Waals surface area contributed by atoms with Crippen molar-refractivity contribution in [1.29, 1.82) is 0 Å². The molecule has 0 spiro atoms. The molecule has 0 atom stereocenters. The van der Waals surface area contributed by atoms with Crippen molar-refractivity contribution in [3.63, 3.8) is 0 Å². The minimum absolute atomic E-state index is 0.644. The van der Waals surface area contributed by atoms with E-state index in [1.54, 1.807) is 6.26 Å². The summed E-state index contributed by atoms with van der Waals surface area (Å²) in [5.74, 6) is 1.34. The van der Waals surface area contributed by atoms with Gasteiger partial charge in [-0.2, -0.15) is 4.73 Å². The lowest BCUT2D eigenvalue weighted by Crippen LogP contribution is -2.31. The Labute approximate surface area is 133 Å². The number of hydrogen-bond donors (Lipinski definition) is 0. The van der Waals surface area contributed by atoms with Crippen LogP contribution in [-0.4, -0.2) is 21.4 Å². The molecule has 0 saturated carbocycles. The fourth-order valence-electron chi connectivity index (χ4n) is 2.84. The maximum atomic E-state index is 11.1. The van der Waals surface area contributed by atoms with E-state index in [9.17, 15) is 5.21 Å². The Kier molecular flexibility index (Phi) is 3.51. The average molecular weight is 308 g/mol. The zero-order valence-electron chi connectivity index (χ0n) is 12.6. The topological polar surface area (TPSA) is 69.1 Å². The van der Waals surface area contributed by atoms with Gasteiger partial charge in [-0.15, -0.1) is 0 Å². The van der Waals surface area contributed by atoms with Crippen molar-refractivity contribution >= 4 is 0 Å². The molecule has 6 nitrogen and oxygen atoms in total. The fraction of sp³-hybridized carbons (Fsp3) is 0.235. The SMILES string of the molecule is [O-][n+]1ccc(CN2CCc3nc(-c4ccco4)ncc3C2)cc1. The molecule has 0 aromatic carbocycles. The van der Waals surface area contributed by atoms with Gasteiger partial charge in [-0.25, -0.2) is 9.97 Å². The molecule has 1 aliphatic rings. The Morgan fingerprint density at radius 3 is 2.91 bits per heavy atom. The quantitative estimate of drug-likeness (QED) is 0.546. The van der Waals surface area contributed by atoms with E-state index >= 15 is 0 Å². The van der Waals surface area contributed by atoms with Crippen LogP contribution in [0.15, 0.2) is 53.5 Å². The van der Waals surface area contributed by atoms with Crippen molar-refractivity contribution in [2.75, 3.05) is 6.54 Å².